The molecule has 2 heterocycles. The van der Waals surface area contributed by atoms with E-state index in [0.29, 0.717) is 30.1 Å². The first-order chi connectivity index (χ1) is 13.8. The molecular weight excluding hydrogens is 374 g/mol. The normalized spacial score (nSPS) is 11.0. The van der Waals surface area contributed by atoms with Crippen LogP contribution in [-0.2, 0) is 17.8 Å². The number of nitrogens with one attached hydrogen (secondary N) is 1. The molecule has 0 aliphatic carbocycles. The van der Waals surface area contributed by atoms with E-state index in [1.165, 1.54) is 9.47 Å². The maximum atomic E-state index is 13.2. The van der Waals surface area contributed by atoms with Crippen molar-refractivity contribution in [2.45, 2.75) is 72.8 Å². The van der Waals surface area contributed by atoms with Crippen LogP contribution in [0.5, 0.6) is 0 Å². The van der Waals surface area contributed by atoms with Crippen LogP contribution in [0.25, 0.3) is 0 Å². The van der Waals surface area contributed by atoms with Gasteiger partial charge in [-0.1, -0.05) is 38.3 Å². The van der Waals surface area contributed by atoms with Crippen LogP contribution in [0.2, 0.25) is 0 Å². The zero-order valence-electron chi connectivity index (χ0n) is 17.7. The van der Waals surface area contributed by atoms with Crippen LogP contribution >= 0.6 is 0 Å². The summed E-state index contributed by atoms with van der Waals surface area (Å²) in [5.74, 6) is 0.309. The number of nitrogens with two attached hydrogens (primary N) is 1. The molecule has 3 N–H and O–H groups in total. The predicted octanol–water partition coefficient (Wildman–Crippen LogP) is 2.29. The van der Waals surface area contributed by atoms with Crippen molar-refractivity contribution in [3.63, 3.8) is 0 Å². The Hall–Kier alpha value is -2.84. The number of H-pyrrole nitrogens is 1. The minimum atomic E-state index is -0.649. The van der Waals surface area contributed by atoms with E-state index in [1.54, 1.807) is 13.8 Å². The molecule has 0 aliphatic rings. The standard InChI is InChI=1S/C20H31N5O4/c1-5-7-9-11-24(16(26)12-15-13(3)23-29-14(15)4)17-18(21)25(10-8-6-2)20(28)22-19(17)27/h5-12,21H2,1-4H3,(H,22,27,28). The van der Waals surface area contributed by atoms with Gasteiger partial charge in [0.1, 0.15) is 11.6 Å². The average molecular weight is 405 g/mol. The van der Waals surface area contributed by atoms with Crippen molar-refractivity contribution in [1.82, 2.24) is 14.7 Å². The van der Waals surface area contributed by atoms with Crippen molar-refractivity contribution in [3.05, 3.63) is 37.9 Å². The smallest absolute Gasteiger partial charge is 0.330 e. The predicted molar refractivity (Wildman–Crippen MR) is 112 cm³/mol. The third kappa shape index (κ3) is 5.16. The van der Waals surface area contributed by atoms with E-state index in [1.807, 2.05) is 6.92 Å². The maximum Gasteiger partial charge on any atom is 0.330 e. The number of aromatic amines is 1. The molecule has 2 aromatic rings. The van der Waals surface area contributed by atoms with Crippen molar-refractivity contribution in [2.24, 2.45) is 0 Å². The maximum absolute atomic E-state index is 13.2. The molecule has 2 aromatic heterocycles. The molecule has 9 heteroatoms. The largest absolute Gasteiger partial charge is 0.383 e. The third-order valence-electron chi connectivity index (χ3n) is 5.01. The fourth-order valence-electron chi connectivity index (χ4n) is 3.26. The van der Waals surface area contributed by atoms with Crippen LogP contribution in [0.4, 0.5) is 11.5 Å². The van der Waals surface area contributed by atoms with E-state index < -0.39 is 11.2 Å². The van der Waals surface area contributed by atoms with Gasteiger partial charge in [0.05, 0.1) is 12.1 Å². The fourth-order valence-corrected chi connectivity index (χ4v) is 3.26. The molecule has 0 saturated heterocycles. The van der Waals surface area contributed by atoms with Crippen LogP contribution in [0.3, 0.4) is 0 Å². The van der Waals surface area contributed by atoms with E-state index in [2.05, 4.69) is 17.1 Å². The Balaban J connectivity index is 2.47. The summed E-state index contributed by atoms with van der Waals surface area (Å²) in [5.41, 5.74) is 6.38. The van der Waals surface area contributed by atoms with Gasteiger partial charge in [-0.2, -0.15) is 0 Å². The van der Waals surface area contributed by atoms with Gasteiger partial charge in [0.25, 0.3) is 5.56 Å². The second-order valence-corrected chi connectivity index (χ2v) is 7.23. The quantitative estimate of drug-likeness (QED) is 0.584. The van der Waals surface area contributed by atoms with Crippen LogP contribution in [-0.4, -0.2) is 27.2 Å². The summed E-state index contributed by atoms with van der Waals surface area (Å²) in [6.45, 7) is 8.30. The number of nitrogen functional groups attached to an aromatic ring is 1. The van der Waals surface area contributed by atoms with Crippen molar-refractivity contribution < 1.29 is 9.32 Å². The molecular formula is C20H31N5O4. The van der Waals surface area contributed by atoms with Crippen molar-refractivity contribution in [3.8, 4) is 0 Å². The number of rotatable bonds is 10. The van der Waals surface area contributed by atoms with E-state index in [4.69, 9.17) is 10.3 Å². The Morgan fingerprint density at radius 1 is 1.17 bits per heavy atom. The van der Waals surface area contributed by atoms with Crippen LogP contribution in [0.1, 0.15) is 63.0 Å². The van der Waals surface area contributed by atoms with Gasteiger partial charge < -0.3 is 15.2 Å². The fraction of sp³-hybridized carbons (Fsp3) is 0.600. The number of carbonyl (C=O) groups is 1. The summed E-state index contributed by atoms with van der Waals surface area (Å²) in [7, 11) is 0. The summed E-state index contributed by atoms with van der Waals surface area (Å²) < 4.78 is 6.48. The Bertz CT molecular complexity index is 937. The highest BCUT2D eigenvalue weighted by molar-refractivity contribution is 5.97. The molecule has 1 amide bonds. The van der Waals surface area contributed by atoms with E-state index >= 15 is 0 Å². The van der Waals surface area contributed by atoms with Gasteiger partial charge in [-0.15, -0.1) is 0 Å². The Kier molecular flexibility index (Phi) is 7.81. The number of anilines is 2. The molecule has 0 fully saturated rings. The Labute approximate surface area is 169 Å². The Morgan fingerprint density at radius 2 is 1.86 bits per heavy atom. The lowest BCUT2D eigenvalue weighted by Gasteiger charge is -2.24. The molecule has 0 unspecified atom stereocenters. The van der Waals surface area contributed by atoms with Crippen molar-refractivity contribution >= 4 is 17.4 Å². The van der Waals surface area contributed by atoms with Gasteiger partial charge >= 0.3 is 5.69 Å². The number of aromatic nitrogens is 3. The topological polar surface area (TPSA) is 127 Å². The third-order valence-corrected chi connectivity index (χ3v) is 5.01. The molecule has 0 saturated carbocycles. The highest BCUT2D eigenvalue weighted by atomic mass is 16.5. The Morgan fingerprint density at radius 3 is 2.45 bits per heavy atom. The molecule has 0 spiro atoms. The molecule has 0 aliphatic heterocycles. The second kappa shape index (κ2) is 10.1. The summed E-state index contributed by atoms with van der Waals surface area (Å²) >= 11 is 0. The van der Waals surface area contributed by atoms with E-state index in [-0.39, 0.29) is 23.8 Å². The molecule has 9 nitrogen and oxygen atoms in total. The summed E-state index contributed by atoms with van der Waals surface area (Å²) in [4.78, 5) is 41.7. The number of hydrogen-bond acceptors (Lipinski definition) is 6. The zero-order valence-corrected chi connectivity index (χ0v) is 17.7. The number of amides is 1. The van der Waals surface area contributed by atoms with E-state index in [9.17, 15) is 14.4 Å². The molecule has 0 aromatic carbocycles. The number of aryl methyl sites for hydroxylation is 2. The first kappa shape index (κ1) is 22.4. The number of hydrogen-bond donors (Lipinski definition) is 2. The van der Waals surface area contributed by atoms with Crippen molar-refractivity contribution in [1.29, 1.82) is 0 Å². The first-order valence-corrected chi connectivity index (χ1v) is 10.2. The average Bonchev–Trinajstić information content (AvgIpc) is 2.98. The summed E-state index contributed by atoms with van der Waals surface area (Å²) in [6.07, 6.45) is 4.23. The lowest BCUT2D eigenvalue weighted by atomic mass is 10.1. The lowest BCUT2D eigenvalue weighted by molar-refractivity contribution is -0.118. The van der Waals surface area contributed by atoms with Gasteiger partial charge in [-0.3, -0.25) is 19.1 Å². The number of carbonyl (C=O) groups excluding carboxylic acids is 1. The molecule has 29 heavy (non-hydrogen) atoms. The van der Waals surface area contributed by atoms with Gasteiger partial charge in [0.15, 0.2) is 5.69 Å². The lowest BCUT2D eigenvalue weighted by Crippen LogP contribution is -2.42. The van der Waals surface area contributed by atoms with Crippen molar-refractivity contribution in [2.75, 3.05) is 17.2 Å². The molecule has 0 radical (unpaired) electrons. The number of nitrogens with zero attached hydrogens (tertiary/aromatic N) is 3. The van der Waals surface area contributed by atoms with Gasteiger partial charge in [0.2, 0.25) is 5.91 Å². The molecule has 160 valence electrons. The van der Waals surface area contributed by atoms with Crippen LogP contribution in [0, 0.1) is 13.8 Å². The SMILES string of the molecule is CCCCCN(C(=O)Cc1c(C)noc1C)c1c(N)n(CCCC)c(=O)[nH]c1=O. The number of unbranched alkanes of at least 4 members (excludes halogenated alkanes) is 3. The van der Waals surface area contributed by atoms with Gasteiger partial charge in [-0.05, 0) is 26.7 Å². The van der Waals surface area contributed by atoms with Crippen LogP contribution < -0.4 is 21.9 Å². The minimum Gasteiger partial charge on any atom is -0.383 e. The second-order valence-electron chi connectivity index (χ2n) is 7.23. The molecule has 0 bridgehead atoms. The molecule has 2 rings (SSSR count). The monoisotopic (exact) mass is 405 g/mol. The highest BCUT2D eigenvalue weighted by Gasteiger charge is 2.25. The summed E-state index contributed by atoms with van der Waals surface area (Å²) in [6, 6.07) is 0. The molecule has 0 atom stereocenters. The van der Waals surface area contributed by atoms with Gasteiger partial charge in [-0.25, -0.2) is 4.79 Å². The minimum absolute atomic E-state index is 0.0239. The first-order valence-electron chi connectivity index (χ1n) is 10.2. The highest BCUT2D eigenvalue weighted by Crippen LogP contribution is 2.21. The zero-order chi connectivity index (χ0) is 21.6. The summed E-state index contributed by atoms with van der Waals surface area (Å²) in [5, 5.41) is 3.89. The van der Waals surface area contributed by atoms with Crippen LogP contribution in [0.15, 0.2) is 14.1 Å². The van der Waals surface area contributed by atoms with E-state index in [0.717, 1.165) is 32.1 Å². The van der Waals surface area contributed by atoms with Gasteiger partial charge in [0, 0.05) is 18.7 Å².